The summed E-state index contributed by atoms with van der Waals surface area (Å²) in [4.78, 5) is 27.4. The molecule has 1 aromatic rings. The van der Waals surface area contributed by atoms with Crippen LogP contribution in [0.2, 0.25) is 0 Å². The van der Waals surface area contributed by atoms with Crippen molar-refractivity contribution in [3.8, 4) is 0 Å². The maximum atomic E-state index is 12.8. The number of likely N-dealkylation sites (tertiary alicyclic amines) is 1. The van der Waals surface area contributed by atoms with Gasteiger partial charge in [0.15, 0.2) is 0 Å². The van der Waals surface area contributed by atoms with Crippen LogP contribution in [0.3, 0.4) is 0 Å². The Balaban J connectivity index is 1.70. The first-order valence-electron chi connectivity index (χ1n) is 8.40. The highest BCUT2D eigenvalue weighted by Gasteiger charge is 2.57. The largest absolute Gasteiger partial charge is 0.342 e. The third kappa shape index (κ3) is 3.44. The van der Waals surface area contributed by atoms with Crippen molar-refractivity contribution >= 4 is 33.4 Å². The lowest BCUT2D eigenvalue weighted by atomic mass is 10.0. The zero-order chi connectivity index (χ0) is 16.4. The summed E-state index contributed by atoms with van der Waals surface area (Å²) in [6, 6.07) is 5.71. The Morgan fingerprint density at radius 3 is 2.35 bits per heavy atom. The average Bonchev–Trinajstić information content (AvgIpc) is 3.34. The molecule has 124 valence electrons. The number of nitrogens with one attached hydrogen (secondary N) is 1. The molecule has 1 N–H and O–H groups in total. The van der Waals surface area contributed by atoms with Gasteiger partial charge in [0.2, 0.25) is 11.8 Å². The number of hydrogen-bond acceptors (Lipinski definition) is 2. The summed E-state index contributed by atoms with van der Waals surface area (Å²) in [5, 5.41) is 2.94. The van der Waals surface area contributed by atoms with Gasteiger partial charge in [-0.2, -0.15) is 0 Å². The van der Waals surface area contributed by atoms with Crippen LogP contribution < -0.4 is 5.32 Å². The molecule has 0 spiro atoms. The molecule has 2 fully saturated rings. The number of aryl methyl sites for hydroxylation is 1. The van der Waals surface area contributed by atoms with E-state index >= 15 is 0 Å². The zero-order valence-electron chi connectivity index (χ0n) is 13.5. The fraction of sp³-hybridized carbons (Fsp3) is 0.556. The van der Waals surface area contributed by atoms with Gasteiger partial charge < -0.3 is 10.2 Å². The molecule has 1 saturated heterocycles. The summed E-state index contributed by atoms with van der Waals surface area (Å²) in [5.74, 6) is -0.112. The smallest absolute Gasteiger partial charge is 0.240 e. The number of anilines is 1. The summed E-state index contributed by atoms with van der Waals surface area (Å²) in [5.41, 5.74) is 1.00. The highest BCUT2D eigenvalue weighted by molar-refractivity contribution is 9.10. The average molecular weight is 379 g/mol. The van der Waals surface area contributed by atoms with Crippen molar-refractivity contribution in [3.05, 3.63) is 28.2 Å². The highest BCUT2D eigenvalue weighted by Crippen LogP contribution is 2.48. The Labute approximate surface area is 145 Å². The van der Waals surface area contributed by atoms with Crippen LogP contribution >= 0.6 is 15.9 Å². The summed E-state index contributed by atoms with van der Waals surface area (Å²) < 4.78 is 1.01. The molecule has 3 rings (SSSR count). The standard InChI is InChI=1S/C18H23BrN2O2/c1-13-12-14(6-7-15(13)19)20-16(22)18(8-9-18)17(23)21-10-4-2-3-5-11-21/h6-7,12H,2-5,8-11H2,1H3,(H,20,22). The third-order valence-corrected chi connectivity index (χ3v) is 5.79. The lowest BCUT2D eigenvalue weighted by Crippen LogP contribution is -2.43. The molecule has 5 heteroatoms. The molecular weight excluding hydrogens is 356 g/mol. The molecule has 4 nitrogen and oxygen atoms in total. The molecular formula is C18H23BrN2O2. The molecule has 0 radical (unpaired) electrons. The van der Waals surface area contributed by atoms with Gasteiger partial charge in [-0.3, -0.25) is 9.59 Å². The number of halogens is 1. The first-order chi connectivity index (χ1) is 11.0. The predicted molar refractivity (Wildman–Crippen MR) is 94.2 cm³/mol. The van der Waals surface area contributed by atoms with Crippen LogP contribution in [-0.2, 0) is 9.59 Å². The fourth-order valence-electron chi connectivity index (χ4n) is 3.21. The second kappa shape index (κ2) is 6.63. The van der Waals surface area contributed by atoms with E-state index in [2.05, 4.69) is 21.2 Å². The van der Waals surface area contributed by atoms with Crippen LogP contribution in [0.25, 0.3) is 0 Å². The van der Waals surface area contributed by atoms with Gasteiger partial charge in [-0.15, -0.1) is 0 Å². The molecule has 0 unspecified atom stereocenters. The number of nitrogens with zero attached hydrogens (tertiary/aromatic N) is 1. The minimum absolute atomic E-state index is 0.0331. The topological polar surface area (TPSA) is 49.4 Å². The maximum absolute atomic E-state index is 12.8. The number of carbonyl (C=O) groups is 2. The zero-order valence-corrected chi connectivity index (χ0v) is 15.1. The lowest BCUT2D eigenvalue weighted by molar-refractivity contribution is -0.142. The molecule has 0 atom stereocenters. The maximum Gasteiger partial charge on any atom is 0.240 e. The van der Waals surface area contributed by atoms with Gasteiger partial charge in [-0.25, -0.2) is 0 Å². The van der Waals surface area contributed by atoms with Gasteiger partial charge >= 0.3 is 0 Å². The minimum atomic E-state index is -0.814. The normalized spacial score (nSPS) is 19.8. The van der Waals surface area contributed by atoms with Gasteiger partial charge in [0.05, 0.1) is 0 Å². The molecule has 2 amide bonds. The van der Waals surface area contributed by atoms with E-state index in [-0.39, 0.29) is 11.8 Å². The quantitative estimate of drug-likeness (QED) is 0.811. The molecule has 23 heavy (non-hydrogen) atoms. The van der Waals surface area contributed by atoms with E-state index in [1.807, 2.05) is 30.0 Å². The third-order valence-electron chi connectivity index (χ3n) is 4.90. The Bertz CT molecular complexity index is 617. The Morgan fingerprint density at radius 1 is 1.13 bits per heavy atom. The van der Waals surface area contributed by atoms with Crippen LogP contribution in [0.4, 0.5) is 5.69 Å². The number of carbonyl (C=O) groups excluding carboxylic acids is 2. The highest BCUT2D eigenvalue weighted by atomic mass is 79.9. The van der Waals surface area contributed by atoms with Crippen molar-refractivity contribution in [2.24, 2.45) is 5.41 Å². The summed E-state index contributed by atoms with van der Waals surface area (Å²) in [7, 11) is 0. The van der Waals surface area contributed by atoms with Crippen molar-refractivity contribution in [2.75, 3.05) is 18.4 Å². The van der Waals surface area contributed by atoms with Crippen molar-refractivity contribution in [2.45, 2.75) is 45.4 Å². The summed E-state index contributed by atoms with van der Waals surface area (Å²) >= 11 is 3.46. The van der Waals surface area contributed by atoms with Crippen LogP contribution in [0, 0.1) is 12.3 Å². The van der Waals surface area contributed by atoms with E-state index in [1.165, 1.54) is 12.8 Å². The van der Waals surface area contributed by atoms with Crippen LogP contribution in [0.5, 0.6) is 0 Å². The first kappa shape index (κ1) is 16.5. The Hall–Kier alpha value is -1.36. The minimum Gasteiger partial charge on any atom is -0.342 e. The van der Waals surface area contributed by atoms with Gasteiger partial charge in [0, 0.05) is 23.2 Å². The lowest BCUT2D eigenvalue weighted by Gasteiger charge is -2.25. The number of rotatable bonds is 3. The number of hydrogen-bond donors (Lipinski definition) is 1. The second-order valence-electron chi connectivity index (χ2n) is 6.71. The van der Waals surface area contributed by atoms with Crippen LogP contribution in [0.15, 0.2) is 22.7 Å². The molecule has 1 aliphatic heterocycles. The first-order valence-corrected chi connectivity index (χ1v) is 9.19. The van der Waals surface area contributed by atoms with Crippen molar-refractivity contribution in [1.82, 2.24) is 4.90 Å². The SMILES string of the molecule is Cc1cc(NC(=O)C2(C(=O)N3CCCCCC3)CC2)ccc1Br. The van der Waals surface area contributed by atoms with Crippen molar-refractivity contribution < 1.29 is 9.59 Å². The molecule has 1 aromatic carbocycles. The van der Waals surface area contributed by atoms with E-state index in [9.17, 15) is 9.59 Å². The van der Waals surface area contributed by atoms with Crippen molar-refractivity contribution in [3.63, 3.8) is 0 Å². The second-order valence-corrected chi connectivity index (χ2v) is 7.56. The number of benzene rings is 1. The molecule has 0 bridgehead atoms. The van der Waals surface area contributed by atoms with E-state index in [1.54, 1.807) is 0 Å². The van der Waals surface area contributed by atoms with E-state index in [0.717, 1.165) is 41.7 Å². The van der Waals surface area contributed by atoms with E-state index in [0.29, 0.717) is 12.8 Å². The summed E-state index contributed by atoms with van der Waals surface area (Å²) in [6.45, 7) is 3.57. The van der Waals surface area contributed by atoms with Gasteiger partial charge in [-0.05, 0) is 56.4 Å². The molecule has 1 aliphatic carbocycles. The molecule has 1 heterocycles. The van der Waals surface area contributed by atoms with Crippen LogP contribution in [-0.4, -0.2) is 29.8 Å². The number of amides is 2. The Kier molecular flexibility index (Phi) is 4.76. The summed E-state index contributed by atoms with van der Waals surface area (Å²) in [6.07, 6.45) is 5.81. The van der Waals surface area contributed by atoms with Crippen molar-refractivity contribution in [1.29, 1.82) is 0 Å². The fourth-order valence-corrected chi connectivity index (χ4v) is 3.46. The van der Waals surface area contributed by atoms with Gasteiger partial charge in [-0.1, -0.05) is 28.8 Å². The Morgan fingerprint density at radius 2 is 1.78 bits per heavy atom. The molecule has 2 aliphatic rings. The molecule has 0 aromatic heterocycles. The van der Waals surface area contributed by atoms with E-state index in [4.69, 9.17) is 0 Å². The predicted octanol–water partition coefficient (Wildman–Crippen LogP) is 3.88. The molecule has 1 saturated carbocycles. The van der Waals surface area contributed by atoms with E-state index < -0.39 is 5.41 Å². The van der Waals surface area contributed by atoms with Gasteiger partial charge in [0.25, 0.3) is 0 Å². The van der Waals surface area contributed by atoms with Gasteiger partial charge in [0.1, 0.15) is 5.41 Å². The van der Waals surface area contributed by atoms with Crippen LogP contribution in [0.1, 0.15) is 44.1 Å². The monoisotopic (exact) mass is 378 g/mol.